The van der Waals surface area contributed by atoms with Gasteiger partial charge in [0.1, 0.15) is 0 Å². The van der Waals surface area contributed by atoms with E-state index in [4.69, 9.17) is 4.74 Å². The van der Waals surface area contributed by atoms with Crippen LogP contribution in [-0.2, 0) is 14.3 Å². The van der Waals surface area contributed by atoms with Gasteiger partial charge in [-0.25, -0.2) is 0 Å². The van der Waals surface area contributed by atoms with Gasteiger partial charge in [0.05, 0.1) is 24.1 Å². The van der Waals surface area contributed by atoms with Crippen molar-refractivity contribution in [1.82, 2.24) is 16.0 Å². The summed E-state index contributed by atoms with van der Waals surface area (Å²) in [6.07, 6.45) is 2.03. The van der Waals surface area contributed by atoms with Gasteiger partial charge in [-0.15, -0.1) is 11.3 Å². The predicted molar refractivity (Wildman–Crippen MR) is 81.6 cm³/mol. The first kappa shape index (κ1) is 16.4. The van der Waals surface area contributed by atoms with Gasteiger partial charge in [-0.05, 0) is 24.3 Å². The SMILES string of the molecule is O=C(CNC(=O)CNC(=O)c1cccs1)NCC1CCCO1. The molecule has 2 rings (SSSR count). The van der Waals surface area contributed by atoms with Crippen molar-refractivity contribution >= 4 is 29.1 Å². The van der Waals surface area contributed by atoms with Crippen molar-refractivity contribution in [2.45, 2.75) is 18.9 Å². The Kier molecular flexibility index (Phi) is 6.35. The molecule has 1 atom stereocenters. The van der Waals surface area contributed by atoms with Crippen LogP contribution in [0.4, 0.5) is 0 Å². The van der Waals surface area contributed by atoms with Gasteiger partial charge in [-0.1, -0.05) is 6.07 Å². The average molecular weight is 325 g/mol. The topological polar surface area (TPSA) is 96.5 Å². The first-order valence-corrected chi connectivity index (χ1v) is 8.00. The van der Waals surface area contributed by atoms with E-state index in [9.17, 15) is 14.4 Å². The average Bonchev–Trinajstić information content (AvgIpc) is 3.21. The Morgan fingerprint density at radius 2 is 1.95 bits per heavy atom. The molecule has 1 aliphatic heterocycles. The Morgan fingerprint density at radius 3 is 2.64 bits per heavy atom. The summed E-state index contributed by atoms with van der Waals surface area (Å²) in [6, 6.07) is 3.44. The highest BCUT2D eigenvalue weighted by atomic mass is 32.1. The first-order valence-electron chi connectivity index (χ1n) is 7.12. The van der Waals surface area contributed by atoms with E-state index in [-0.39, 0.29) is 31.0 Å². The summed E-state index contributed by atoms with van der Waals surface area (Å²) in [5.74, 6) is -0.974. The Bertz CT molecular complexity index is 512. The van der Waals surface area contributed by atoms with Crippen LogP contribution in [0, 0.1) is 0 Å². The summed E-state index contributed by atoms with van der Waals surface area (Å²) >= 11 is 1.30. The van der Waals surface area contributed by atoms with E-state index in [0.717, 1.165) is 19.4 Å². The van der Waals surface area contributed by atoms with Gasteiger partial charge in [0.15, 0.2) is 0 Å². The normalized spacial score (nSPS) is 17.0. The summed E-state index contributed by atoms with van der Waals surface area (Å²) < 4.78 is 5.38. The van der Waals surface area contributed by atoms with Gasteiger partial charge in [0.25, 0.3) is 5.91 Å². The molecule has 2 heterocycles. The predicted octanol–water partition coefficient (Wildman–Crippen LogP) is -0.111. The molecule has 22 heavy (non-hydrogen) atoms. The molecular formula is C14H19N3O4S. The van der Waals surface area contributed by atoms with Crippen LogP contribution in [0.2, 0.25) is 0 Å². The molecule has 3 amide bonds. The fraction of sp³-hybridized carbons (Fsp3) is 0.500. The van der Waals surface area contributed by atoms with Crippen molar-refractivity contribution in [3.8, 4) is 0 Å². The number of carbonyl (C=O) groups excluding carboxylic acids is 3. The lowest BCUT2D eigenvalue weighted by molar-refractivity contribution is -0.125. The largest absolute Gasteiger partial charge is 0.376 e. The molecule has 0 aliphatic carbocycles. The fourth-order valence-electron chi connectivity index (χ4n) is 1.99. The second-order valence-electron chi connectivity index (χ2n) is 4.88. The third-order valence-corrected chi connectivity index (χ3v) is 4.02. The quantitative estimate of drug-likeness (QED) is 0.652. The number of amides is 3. The third kappa shape index (κ3) is 5.45. The zero-order chi connectivity index (χ0) is 15.8. The van der Waals surface area contributed by atoms with Gasteiger partial charge < -0.3 is 20.7 Å². The second-order valence-corrected chi connectivity index (χ2v) is 5.82. The summed E-state index contributed by atoms with van der Waals surface area (Å²) in [7, 11) is 0. The molecule has 120 valence electrons. The Morgan fingerprint density at radius 1 is 1.18 bits per heavy atom. The molecule has 1 saturated heterocycles. The zero-order valence-corrected chi connectivity index (χ0v) is 12.9. The van der Waals surface area contributed by atoms with Crippen molar-refractivity contribution in [1.29, 1.82) is 0 Å². The number of nitrogens with one attached hydrogen (secondary N) is 3. The van der Waals surface area contributed by atoms with E-state index >= 15 is 0 Å². The third-order valence-electron chi connectivity index (χ3n) is 3.15. The summed E-state index contributed by atoms with van der Waals surface area (Å²) in [6.45, 7) is 0.932. The molecule has 3 N–H and O–H groups in total. The highest BCUT2D eigenvalue weighted by Gasteiger charge is 2.16. The lowest BCUT2D eigenvalue weighted by Gasteiger charge is -2.11. The standard InChI is InChI=1S/C14H19N3O4S/c18-12(15-7-10-3-1-5-21-10)8-16-13(19)9-17-14(20)11-4-2-6-22-11/h2,4,6,10H,1,3,5,7-9H2,(H,15,18)(H,16,19)(H,17,20). The van der Waals surface area contributed by atoms with Gasteiger partial charge >= 0.3 is 0 Å². The molecule has 0 radical (unpaired) electrons. The lowest BCUT2D eigenvalue weighted by Crippen LogP contribution is -2.43. The van der Waals surface area contributed by atoms with Crippen LogP contribution in [0.5, 0.6) is 0 Å². The van der Waals surface area contributed by atoms with E-state index in [2.05, 4.69) is 16.0 Å². The zero-order valence-electron chi connectivity index (χ0n) is 12.1. The van der Waals surface area contributed by atoms with E-state index in [1.807, 2.05) is 0 Å². The molecule has 0 spiro atoms. The maximum absolute atomic E-state index is 11.6. The van der Waals surface area contributed by atoms with Crippen molar-refractivity contribution in [3.05, 3.63) is 22.4 Å². The van der Waals surface area contributed by atoms with Gasteiger partial charge in [0.2, 0.25) is 11.8 Å². The molecule has 0 saturated carbocycles. The minimum absolute atomic E-state index is 0.0738. The van der Waals surface area contributed by atoms with Gasteiger partial charge in [0, 0.05) is 13.2 Å². The van der Waals surface area contributed by atoms with Gasteiger partial charge in [-0.2, -0.15) is 0 Å². The Balaban J connectivity index is 1.56. The number of hydrogen-bond donors (Lipinski definition) is 3. The van der Waals surface area contributed by atoms with Crippen molar-refractivity contribution in [3.63, 3.8) is 0 Å². The van der Waals surface area contributed by atoms with Crippen LogP contribution >= 0.6 is 11.3 Å². The number of ether oxygens (including phenoxy) is 1. The number of rotatable bonds is 7. The first-order chi connectivity index (χ1) is 10.6. The smallest absolute Gasteiger partial charge is 0.261 e. The van der Waals surface area contributed by atoms with Crippen LogP contribution in [0.3, 0.4) is 0 Å². The molecule has 1 unspecified atom stereocenters. The van der Waals surface area contributed by atoms with Crippen molar-refractivity contribution < 1.29 is 19.1 Å². The Labute approximate surface area is 132 Å². The number of thiophene rings is 1. The summed E-state index contributed by atoms with van der Waals surface area (Å²) in [4.78, 5) is 35.3. The molecule has 0 aromatic carbocycles. The monoisotopic (exact) mass is 325 g/mol. The molecule has 1 fully saturated rings. The molecule has 7 nitrogen and oxygen atoms in total. The van der Waals surface area contributed by atoms with Crippen molar-refractivity contribution in [2.24, 2.45) is 0 Å². The molecule has 8 heteroatoms. The molecular weight excluding hydrogens is 306 g/mol. The number of hydrogen-bond acceptors (Lipinski definition) is 5. The van der Waals surface area contributed by atoms with E-state index < -0.39 is 5.91 Å². The fourth-order valence-corrected chi connectivity index (χ4v) is 2.63. The summed E-state index contributed by atoms with van der Waals surface area (Å²) in [5.41, 5.74) is 0. The summed E-state index contributed by atoms with van der Waals surface area (Å²) in [5, 5.41) is 9.44. The molecule has 1 aliphatic rings. The number of carbonyl (C=O) groups is 3. The molecule has 1 aromatic heterocycles. The lowest BCUT2D eigenvalue weighted by atomic mass is 10.2. The van der Waals surface area contributed by atoms with Crippen LogP contribution in [-0.4, -0.2) is 50.1 Å². The highest BCUT2D eigenvalue weighted by molar-refractivity contribution is 7.12. The molecule has 1 aromatic rings. The van der Waals surface area contributed by atoms with Gasteiger partial charge in [-0.3, -0.25) is 14.4 Å². The second kappa shape index (κ2) is 8.50. The van der Waals surface area contributed by atoms with E-state index in [1.54, 1.807) is 17.5 Å². The minimum Gasteiger partial charge on any atom is -0.376 e. The van der Waals surface area contributed by atoms with Crippen molar-refractivity contribution in [2.75, 3.05) is 26.2 Å². The van der Waals surface area contributed by atoms with E-state index in [1.165, 1.54) is 11.3 Å². The van der Waals surface area contributed by atoms with Crippen LogP contribution in [0.15, 0.2) is 17.5 Å². The highest BCUT2D eigenvalue weighted by Crippen LogP contribution is 2.10. The van der Waals surface area contributed by atoms with Crippen LogP contribution in [0.25, 0.3) is 0 Å². The maximum Gasteiger partial charge on any atom is 0.261 e. The van der Waals surface area contributed by atoms with E-state index in [0.29, 0.717) is 11.4 Å². The minimum atomic E-state index is -0.405. The van der Waals surface area contributed by atoms with Crippen LogP contribution < -0.4 is 16.0 Å². The Hall–Kier alpha value is -1.93. The maximum atomic E-state index is 11.6. The molecule has 0 bridgehead atoms. The van der Waals surface area contributed by atoms with Crippen LogP contribution in [0.1, 0.15) is 22.5 Å².